The first-order valence-corrected chi connectivity index (χ1v) is 10.5. The van der Waals surface area contributed by atoms with Gasteiger partial charge in [0.2, 0.25) is 0 Å². The fourth-order valence-electron chi connectivity index (χ4n) is 3.73. The third-order valence-electron chi connectivity index (χ3n) is 5.27. The summed E-state index contributed by atoms with van der Waals surface area (Å²) < 4.78 is 34.5. The van der Waals surface area contributed by atoms with Crippen molar-refractivity contribution in [1.82, 2.24) is 20.2 Å². The Morgan fingerprint density at radius 2 is 1.94 bits per heavy atom. The first-order valence-electron chi connectivity index (χ1n) is 10.5. The highest BCUT2D eigenvalue weighted by atomic mass is 19.1. The Labute approximate surface area is 178 Å². The number of piperidine rings is 1. The van der Waals surface area contributed by atoms with Crippen LogP contribution in [0.15, 0.2) is 36.7 Å². The van der Waals surface area contributed by atoms with Gasteiger partial charge >= 0.3 is 6.03 Å². The molecule has 1 fully saturated rings. The number of fused-ring (bicyclic) bond motifs is 1. The summed E-state index contributed by atoms with van der Waals surface area (Å²) in [6, 6.07) is 4.79. The van der Waals surface area contributed by atoms with Crippen molar-refractivity contribution in [3.63, 3.8) is 0 Å². The summed E-state index contributed by atoms with van der Waals surface area (Å²) in [7, 11) is 0. The molecule has 3 aromatic rings. The maximum Gasteiger partial charge on any atom is 0.319 e. The number of hydrogen-bond donors (Lipinski definition) is 3. The summed E-state index contributed by atoms with van der Waals surface area (Å²) in [6.45, 7) is 3.63. The molecule has 2 amide bonds. The molecule has 1 saturated heterocycles. The van der Waals surface area contributed by atoms with Crippen LogP contribution in [0, 0.1) is 11.6 Å². The zero-order valence-corrected chi connectivity index (χ0v) is 17.1. The number of aromatic amines is 1. The zero-order chi connectivity index (χ0) is 21.6. The van der Waals surface area contributed by atoms with Crippen molar-refractivity contribution in [3.05, 3.63) is 48.3 Å². The van der Waals surface area contributed by atoms with Crippen molar-refractivity contribution in [2.75, 3.05) is 31.5 Å². The van der Waals surface area contributed by atoms with E-state index < -0.39 is 23.4 Å². The molecule has 1 aliphatic heterocycles. The van der Waals surface area contributed by atoms with E-state index in [1.165, 1.54) is 31.5 Å². The van der Waals surface area contributed by atoms with Crippen molar-refractivity contribution in [2.45, 2.75) is 25.7 Å². The lowest BCUT2D eigenvalue weighted by Crippen LogP contribution is -2.34. The minimum atomic E-state index is -0.916. The van der Waals surface area contributed by atoms with Crippen LogP contribution in [0.3, 0.4) is 0 Å². The van der Waals surface area contributed by atoms with Gasteiger partial charge in [0.25, 0.3) is 0 Å². The first kappa shape index (κ1) is 21.0. The second-order valence-corrected chi connectivity index (χ2v) is 7.56. The van der Waals surface area contributed by atoms with Crippen LogP contribution in [0.5, 0.6) is 11.5 Å². The van der Waals surface area contributed by atoms with Gasteiger partial charge in [-0.15, -0.1) is 0 Å². The monoisotopic (exact) mass is 429 g/mol. The van der Waals surface area contributed by atoms with E-state index in [-0.39, 0.29) is 11.4 Å². The first-order chi connectivity index (χ1) is 15.1. The molecule has 7 nitrogen and oxygen atoms in total. The lowest BCUT2D eigenvalue weighted by atomic mass is 10.1. The highest BCUT2D eigenvalue weighted by Gasteiger charge is 2.17. The lowest BCUT2D eigenvalue weighted by Gasteiger charge is -2.26. The molecule has 9 heteroatoms. The fraction of sp³-hybridized carbons (Fsp3) is 0.364. The van der Waals surface area contributed by atoms with E-state index in [0.717, 1.165) is 38.2 Å². The smallest absolute Gasteiger partial charge is 0.319 e. The number of nitrogens with zero attached hydrogens (tertiary/aromatic N) is 2. The van der Waals surface area contributed by atoms with E-state index in [0.29, 0.717) is 17.6 Å². The molecular formula is C22H25F2N5O2. The Bertz CT molecular complexity index is 1030. The molecule has 0 saturated carbocycles. The van der Waals surface area contributed by atoms with Gasteiger partial charge in [0.1, 0.15) is 11.4 Å². The highest BCUT2D eigenvalue weighted by molar-refractivity contribution is 5.89. The fourth-order valence-corrected chi connectivity index (χ4v) is 3.73. The number of pyridine rings is 1. The van der Waals surface area contributed by atoms with Gasteiger partial charge in [-0.05, 0) is 51.0 Å². The molecular weight excluding hydrogens is 404 g/mol. The molecule has 1 aromatic carbocycles. The molecule has 0 spiro atoms. The molecule has 3 heterocycles. The SMILES string of the molecule is O=C(NCCCN1CCCCC1)Nc1cc(F)c(Oc2ccnc3[nH]ccc23)c(F)c1. The quantitative estimate of drug-likeness (QED) is 0.478. The lowest BCUT2D eigenvalue weighted by molar-refractivity contribution is 0.224. The Kier molecular flexibility index (Phi) is 6.61. The van der Waals surface area contributed by atoms with Gasteiger partial charge in [0.15, 0.2) is 17.4 Å². The molecule has 0 unspecified atom stereocenters. The molecule has 0 bridgehead atoms. The van der Waals surface area contributed by atoms with Crippen molar-refractivity contribution < 1.29 is 18.3 Å². The number of hydrogen-bond acceptors (Lipinski definition) is 4. The molecule has 1 aliphatic rings. The molecule has 0 radical (unpaired) electrons. The Morgan fingerprint density at radius 3 is 2.71 bits per heavy atom. The number of rotatable bonds is 7. The third-order valence-corrected chi connectivity index (χ3v) is 5.27. The van der Waals surface area contributed by atoms with Crippen LogP contribution in [0.25, 0.3) is 11.0 Å². The van der Waals surface area contributed by atoms with E-state index in [1.807, 2.05) is 0 Å². The Morgan fingerprint density at radius 1 is 1.16 bits per heavy atom. The topological polar surface area (TPSA) is 82.3 Å². The number of likely N-dealkylation sites (tertiary alicyclic amines) is 1. The van der Waals surface area contributed by atoms with Crippen molar-refractivity contribution in [2.24, 2.45) is 0 Å². The number of amides is 2. The second-order valence-electron chi connectivity index (χ2n) is 7.56. The summed E-state index contributed by atoms with van der Waals surface area (Å²) in [5, 5.41) is 5.79. The van der Waals surface area contributed by atoms with E-state index in [9.17, 15) is 13.6 Å². The van der Waals surface area contributed by atoms with Crippen LogP contribution in [0.1, 0.15) is 25.7 Å². The van der Waals surface area contributed by atoms with Gasteiger partial charge in [0.05, 0.1) is 5.39 Å². The number of anilines is 1. The average Bonchev–Trinajstić information content (AvgIpc) is 3.24. The standard InChI is InChI=1S/C22H25F2N5O2/c23-17-13-15(28-22(30)27-7-4-12-29-10-2-1-3-11-29)14-18(24)20(17)31-19-6-9-26-21-16(19)5-8-25-21/h5-6,8-9,13-14H,1-4,7,10-12H2,(H,25,26)(H2,27,28,30). The van der Waals surface area contributed by atoms with Crippen LogP contribution in [-0.2, 0) is 0 Å². The number of urea groups is 1. The predicted octanol–water partition coefficient (Wildman–Crippen LogP) is 4.63. The van der Waals surface area contributed by atoms with E-state index in [4.69, 9.17) is 4.74 Å². The molecule has 31 heavy (non-hydrogen) atoms. The molecule has 0 aliphatic carbocycles. The van der Waals surface area contributed by atoms with Gasteiger partial charge in [-0.2, -0.15) is 0 Å². The van der Waals surface area contributed by atoms with Crippen LogP contribution >= 0.6 is 0 Å². The molecule has 4 rings (SSSR count). The normalized spacial score (nSPS) is 14.5. The maximum atomic E-state index is 14.5. The average molecular weight is 429 g/mol. The Hall–Kier alpha value is -3.20. The highest BCUT2D eigenvalue weighted by Crippen LogP contribution is 2.33. The summed E-state index contributed by atoms with van der Waals surface area (Å²) in [5.41, 5.74) is 0.561. The van der Waals surface area contributed by atoms with Crippen LogP contribution in [-0.4, -0.2) is 47.1 Å². The van der Waals surface area contributed by atoms with Crippen LogP contribution in [0.2, 0.25) is 0 Å². The predicted molar refractivity (Wildman–Crippen MR) is 114 cm³/mol. The largest absolute Gasteiger partial charge is 0.450 e. The van der Waals surface area contributed by atoms with E-state index >= 15 is 0 Å². The molecule has 2 aromatic heterocycles. The molecule has 164 valence electrons. The minimum Gasteiger partial charge on any atom is -0.450 e. The van der Waals surface area contributed by atoms with Gasteiger partial charge in [0, 0.05) is 36.8 Å². The van der Waals surface area contributed by atoms with Gasteiger partial charge in [-0.3, -0.25) is 0 Å². The van der Waals surface area contributed by atoms with Gasteiger partial charge in [-0.25, -0.2) is 18.6 Å². The van der Waals surface area contributed by atoms with Crippen molar-refractivity contribution in [3.8, 4) is 11.5 Å². The van der Waals surface area contributed by atoms with Gasteiger partial charge < -0.3 is 25.3 Å². The number of nitrogens with one attached hydrogen (secondary N) is 3. The zero-order valence-electron chi connectivity index (χ0n) is 17.1. The van der Waals surface area contributed by atoms with Crippen LogP contribution < -0.4 is 15.4 Å². The van der Waals surface area contributed by atoms with E-state index in [2.05, 4.69) is 25.5 Å². The maximum absolute atomic E-state index is 14.5. The summed E-state index contributed by atoms with van der Waals surface area (Å²) in [5.74, 6) is -2.10. The Balaban J connectivity index is 1.32. The van der Waals surface area contributed by atoms with Gasteiger partial charge in [-0.1, -0.05) is 6.42 Å². The summed E-state index contributed by atoms with van der Waals surface area (Å²) in [4.78, 5) is 21.5. The second kappa shape index (κ2) is 9.74. The number of aromatic nitrogens is 2. The number of H-pyrrole nitrogens is 1. The molecule has 3 N–H and O–H groups in total. The van der Waals surface area contributed by atoms with Crippen molar-refractivity contribution >= 4 is 22.8 Å². The van der Waals surface area contributed by atoms with Crippen molar-refractivity contribution in [1.29, 1.82) is 0 Å². The molecule has 0 atom stereocenters. The number of ether oxygens (including phenoxy) is 1. The summed E-state index contributed by atoms with van der Waals surface area (Å²) in [6.07, 6.45) is 7.70. The third kappa shape index (κ3) is 5.29. The number of carbonyl (C=O) groups excluding carboxylic acids is 1. The summed E-state index contributed by atoms with van der Waals surface area (Å²) >= 11 is 0. The minimum absolute atomic E-state index is 0.0115. The number of carbonyl (C=O) groups is 1. The van der Waals surface area contributed by atoms with Crippen LogP contribution in [0.4, 0.5) is 19.3 Å². The number of benzene rings is 1. The number of halogens is 2. The van der Waals surface area contributed by atoms with E-state index in [1.54, 1.807) is 12.3 Å².